The smallest absolute Gasteiger partial charge is 0.462 e. The van der Waals surface area contributed by atoms with E-state index in [0.29, 0.717) is 12.8 Å². The summed E-state index contributed by atoms with van der Waals surface area (Å²) in [5.74, 6) is -0.809. The second kappa shape index (κ2) is 42.1. The molecule has 324 valence electrons. The molecule has 0 radical (unpaired) electrons. The summed E-state index contributed by atoms with van der Waals surface area (Å²) in [7, 11) is -3.20. The monoisotopic (exact) mass is 799 g/mol. The molecule has 0 aliphatic rings. The molecule has 0 aliphatic heterocycles. The quantitative estimate of drug-likeness (QED) is 0.0281. The average Bonchev–Trinajstić information content (AvgIpc) is 3.18. The molecule has 55 heavy (non-hydrogen) atoms. The van der Waals surface area contributed by atoms with Gasteiger partial charge in [-0.15, -0.1) is 0 Å². The highest BCUT2D eigenvalue weighted by atomic mass is 31.2. The van der Waals surface area contributed by atoms with Crippen LogP contribution in [-0.4, -0.2) is 43.3 Å². The van der Waals surface area contributed by atoms with E-state index in [1.54, 1.807) is 0 Å². The van der Waals surface area contributed by atoms with Gasteiger partial charge in [0.05, 0.1) is 6.61 Å². The minimum atomic E-state index is -4.26. The Bertz CT molecular complexity index is 952. The van der Waals surface area contributed by atoms with Gasteiger partial charge in [-0.3, -0.25) is 18.6 Å². The molecule has 0 saturated heterocycles. The first-order valence-electron chi connectivity index (χ1n) is 23.0. The molecule has 0 aliphatic carbocycles. The first-order chi connectivity index (χ1) is 26.8. The first-order valence-corrected chi connectivity index (χ1v) is 24.5. The number of carbonyl (C=O) groups excluding carboxylic acids is 2. The molecule has 0 bridgehead atoms. The lowest BCUT2D eigenvalue weighted by Crippen LogP contribution is -2.29. The van der Waals surface area contributed by atoms with Crippen LogP contribution >= 0.6 is 7.82 Å². The SMILES string of the molecule is CCCCC/C=C\C/C=C\CCCCCCCC(=O)OC(COC(=O)CCCCCCCCCCCCCCCCCCCCCCC)COP(=O)(O)OC. The summed E-state index contributed by atoms with van der Waals surface area (Å²) in [5.41, 5.74) is 0. The summed E-state index contributed by atoms with van der Waals surface area (Å²) in [6, 6.07) is 0. The summed E-state index contributed by atoms with van der Waals surface area (Å²) in [6.07, 6.45) is 48.1. The molecule has 2 unspecified atom stereocenters. The maximum atomic E-state index is 12.5. The molecular weight excluding hydrogens is 711 g/mol. The van der Waals surface area contributed by atoms with Crippen LogP contribution in [0.1, 0.15) is 232 Å². The number of unbranched alkanes of at least 4 members (excludes halogenated alkanes) is 28. The molecule has 0 saturated carbocycles. The summed E-state index contributed by atoms with van der Waals surface area (Å²) in [6.45, 7) is 3.88. The first kappa shape index (κ1) is 53.5. The zero-order valence-corrected chi connectivity index (χ0v) is 37.0. The highest BCUT2D eigenvalue weighted by Crippen LogP contribution is 2.42. The third kappa shape index (κ3) is 42.0. The third-order valence-corrected chi connectivity index (χ3v) is 11.1. The number of ether oxygens (including phenoxy) is 2. The zero-order valence-electron chi connectivity index (χ0n) is 36.1. The van der Waals surface area contributed by atoms with Crippen LogP contribution in [-0.2, 0) is 32.7 Å². The van der Waals surface area contributed by atoms with Crippen molar-refractivity contribution < 1.29 is 37.6 Å². The van der Waals surface area contributed by atoms with E-state index < -0.39 is 26.5 Å². The number of carbonyl (C=O) groups is 2. The maximum absolute atomic E-state index is 12.5. The van der Waals surface area contributed by atoms with E-state index in [2.05, 4.69) is 42.7 Å². The largest absolute Gasteiger partial charge is 0.472 e. The Morgan fingerprint density at radius 3 is 1.31 bits per heavy atom. The molecule has 0 aromatic carbocycles. The van der Waals surface area contributed by atoms with Crippen LogP contribution in [0.25, 0.3) is 0 Å². The topological polar surface area (TPSA) is 108 Å². The Hall–Kier alpha value is -1.47. The Kier molecular flexibility index (Phi) is 41.0. The molecule has 8 nitrogen and oxygen atoms in total. The van der Waals surface area contributed by atoms with E-state index in [-0.39, 0.29) is 19.0 Å². The van der Waals surface area contributed by atoms with Crippen LogP contribution in [0.5, 0.6) is 0 Å². The number of esters is 2. The number of allylic oxidation sites excluding steroid dienone is 4. The van der Waals surface area contributed by atoms with Crippen LogP contribution in [0, 0.1) is 0 Å². The van der Waals surface area contributed by atoms with E-state index in [9.17, 15) is 19.0 Å². The standard InChI is InChI=1S/C46H87O8P/c1-4-6-8-10-12-14-16-18-20-21-22-23-24-25-27-28-30-32-34-36-38-40-45(47)52-42-44(43-53-55(49,50)51-3)54-46(48)41-39-37-35-33-31-29-26-19-17-15-13-11-9-7-5-2/h13,15,19,26,44H,4-12,14,16-18,20-25,27-43H2,1-3H3,(H,49,50)/b15-13-,26-19-. The summed E-state index contributed by atoms with van der Waals surface area (Å²) >= 11 is 0. The Morgan fingerprint density at radius 1 is 0.509 bits per heavy atom. The molecule has 0 aromatic heterocycles. The predicted molar refractivity (Wildman–Crippen MR) is 230 cm³/mol. The molecule has 1 N–H and O–H groups in total. The van der Waals surface area contributed by atoms with E-state index in [0.717, 1.165) is 64.9 Å². The van der Waals surface area contributed by atoms with Crippen molar-refractivity contribution in [3.63, 3.8) is 0 Å². The Labute approximate surface area is 339 Å². The van der Waals surface area contributed by atoms with Crippen LogP contribution < -0.4 is 0 Å². The van der Waals surface area contributed by atoms with E-state index >= 15 is 0 Å². The average molecular weight is 799 g/mol. The number of hydrogen-bond acceptors (Lipinski definition) is 7. The van der Waals surface area contributed by atoms with Gasteiger partial charge in [-0.25, -0.2) is 4.57 Å². The predicted octanol–water partition coefficient (Wildman–Crippen LogP) is 14.6. The van der Waals surface area contributed by atoms with Gasteiger partial charge in [-0.05, 0) is 44.9 Å². The van der Waals surface area contributed by atoms with Crippen LogP contribution in [0.4, 0.5) is 0 Å². The van der Waals surface area contributed by atoms with Crippen molar-refractivity contribution in [3.05, 3.63) is 24.3 Å². The normalized spacial score (nSPS) is 13.5. The highest BCUT2D eigenvalue weighted by molar-refractivity contribution is 7.47. The summed E-state index contributed by atoms with van der Waals surface area (Å²) < 4.78 is 32.0. The summed E-state index contributed by atoms with van der Waals surface area (Å²) in [4.78, 5) is 34.5. The van der Waals surface area contributed by atoms with Crippen molar-refractivity contribution in [3.8, 4) is 0 Å². The molecule has 0 spiro atoms. The fourth-order valence-corrected chi connectivity index (χ4v) is 7.09. The van der Waals surface area contributed by atoms with Gasteiger partial charge in [-0.1, -0.05) is 199 Å². The van der Waals surface area contributed by atoms with Gasteiger partial charge in [0, 0.05) is 20.0 Å². The lowest BCUT2D eigenvalue weighted by Gasteiger charge is -2.19. The van der Waals surface area contributed by atoms with Gasteiger partial charge >= 0.3 is 19.8 Å². The Morgan fingerprint density at radius 2 is 0.873 bits per heavy atom. The van der Waals surface area contributed by atoms with Crippen molar-refractivity contribution in [2.45, 2.75) is 238 Å². The molecular formula is C46H87O8P. The van der Waals surface area contributed by atoms with Gasteiger partial charge in [0.2, 0.25) is 0 Å². The van der Waals surface area contributed by atoms with Gasteiger partial charge in [0.15, 0.2) is 6.10 Å². The molecule has 0 rings (SSSR count). The lowest BCUT2D eigenvalue weighted by molar-refractivity contribution is -0.161. The second-order valence-corrected chi connectivity index (χ2v) is 17.1. The van der Waals surface area contributed by atoms with Crippen LogP contribution in [0.2, 0.25) is 0 Å². The molecule has 0 amide bonds. The molecule has 2 atom stereocenters. The van der Waals surface area contributed by atoms with Gasteiger partial charge < -0.3 is 14.4 Å². The van der Waals surface area contributed by atoms with Gasteiger partial charge in [0.1, 0.15) is 6.61 Å². The van der Waals surface area contributed by atoms with Crippen molar-refractivity contribution in [1.29, 1.82) is 0 Å². The molecule has 9 heteroatoms. The molecule has 0 heterocycles. The van der Waals surface area contributed by atoms with Crippen LogP contribution in [0.3, 0.4) is 0 Å². The number of phosphoric acid groups is 1. The highest BCUT2D eigenvalue weighted by Gasteiger charge is 2.24. The fourth-order valence-electron chi connectivity index (χ4n) is 6.63. The van der Waals surface area contributed by atoms with Crippen molar-refractivity contribution in [2.75, 3.05) is 20.3 Å². The van der Waals surface area contributed by atoms with Crippen LogP contribution in [0.15, 0.2) is 24.3 Å². The summed E-state index contributed by atoms with van der Waals surface area (Å²) in [5, 5.41) is 0. The third-order valence-electron chi connectivity index (χ3n) is 10.2. The van der Waals surface area contributed by atoms with Gasteiger partial charge in [0.25, 0.3) is 0 Å². The number of hydrogen-bond donors (Lipinski definition) is 1. The van der Waals surface area contributed by atoms with Gasteiger partial charge in [-0.2, -0.15) is 0 Å². The van der Waals surface area contributed by atoms with Crippen molar-refractivity contribution >= 4 is 19.8 Å². The van der Waals surface area contributed by atoms with Crippen molar-refractivity contribution in [1.82, 2.24) is 0 Å². The van der Waals surface area contributed by atoms with E-state index in [4.69, 9.17) is 14.0 Å². The number of rotatable bonds is 43. The minimum absolute atomic E-state index is 0.226. The van der Waals surface area contributed by atoms with E-state index in [1.165, 1.54) is 141 Å². The molecule has 0 fully saturated rings. The second-order valence-electron chi connectivity index (χ2n) is 15.5. The maximum Gasteiger partial charge on any atom is 0.472 e. The molecule has 0 aromatic rings. The number of phosphoric ester groups is 1. The fraction of sp³-hybridized carbons (Fsp3) is 0.870. The zero-order chi connectivity index (χ0) is 40.3. The van der Waals surface area contributed by atoms with Crippen molar-refractivity contribution in [2.24, 2.45) is 0 Å². The minimum Gasteiger partial charge on any atom is -0.462 e. The van der Waals surface area contributed by atoms with E-state index in [1.807, 2.05) is 0 Å². The Balaban J connectivity index is 3.91. The lowest BCUT2D eigenvalue weighted by atomic mass is 10.0.